The van der Waals surface area contributed by atoms with E-state index in [9.17, 15) is 5.11 Å². The number of quaternary nitrogens is 1. The van der Waals surface area contributed by atoms with Crippen LogP contribution >= 0.6 is 0 Å². The van der Waals surface area contributed by atoms with Crippen LogP contribution in [-0.2, 0) is 6.42 Å². The van der Waals surface area contributed by atoms with Crippen molar-refractivity contribution in [1.82, 2.24) is 4.48 Å². The standard InChI is InChI=1S/C23H33NO/c1-17(2)24(18(3)4,22-12-8-7-10-20(22)6)15-9-11-21-16-19(5)13-14-23(21)25/h7-8,10,12-14,16-18H,9,11,15H2,1-6H3/p+1. The average Bonchev–Trinajstić information content (AvgIpc) is 2.55. The predicted molar refractivity (Wildman–Crippen MR) is 109 cm³/mol. The van der Waals surface area contributed by atoms with Gasteiger partial charge < -0.3 is 5.11 Å². The van der Waals surface area contributed by atoms with Crippen LogP contribution in [0.3, 0.4) is 0 Å². The molecule has 0 fully saturated rings. The van der Waals surface area contributed by atoms with E-state index in [1.165, 1.54) is 16.8 Å². The molecule has 0 aromatic heterocycles. The molecule has 0 aliphatic heterocycles. The normalized spacial score (nSPS) is 12.2. The van der Waals surface area contributed by atoms with Crippen molar-refractivity contribution in [1.29, 1.82) is 0 Å². The highest BCUT2D eigenvalue weighted by Crippen LogP contribution is 2.34. The van der Waals surface area contributed by atoms with Gasteiger partial charge in [-0.25, -0.2) is 0 Å². The van der Waals surface area contributed by atoms with Crippen molar-refractivity contribution in [2.24, 2.45) is 0 Å². The molecule has 0 aliphatic rings. The summed E-state index contributed by atoms with van der Waals surface area (Å²) >= 11 is 0. The molecule has 0 saturated heterocycles. The molecule has 25 heavy (non-hydrogen) atoms. The van der Waals surface area contributed by atoms with E-state index in [-0.39, 0.29) is 0 Å². The molecule has 136 valence electrons. The van der Waals surface area contributed by atoms with E-state index in [1.54, 1.807) is 0 Å². The van der Waals surface area contributed by atoms with Gasteiger partial charge in [0.2, 0.25) is 0 Å². The lowest BCUT2D eigenvalue weighted by atomic mass is 10.00. The van der Waals surface area contributed by atoms with Crippen molar-refractivity contribution >= 4 is 5.69 Å². The highest BCUT2D eigenvalue weighted by molar-refractivity contribution is 5.51. The third-order valence-corrected chi connectivity index (χ3v) is 5.62. The van der Waals surface area contributed by atoms with E-state index in [2.05, 4.69) is 71.9 Å². The summed E-state index contributed by atoms with van der Waals surface area (Å²) in [6, 6.07) is 15.7. The number of benzene rings is 2. The van der Waals surface area contributed by atoms with Gasteiger partial charge in [-0.05, 0) is 65.7 Å². The molecular weight excluding hydrogens is 306 g/mol. The predicted octanol–water partition coefficient (Wildman–Crippen LogP) is 5.77. The number of aromatic hydroxyl groups is 1. The molecule has 0 spiro atoms. The molecule has 0 radical (unpaired) electrons. The minimum Gasteiger partial charge on any atom is -0.508 e. The van der Waals surface area contributed by atoms with Gasteiger partial charge >= 0.3 is 0 Å². The first-order valence-electron chi connectivity index (χ1n) is 9.51. The third-order valence-electron chi connectivity index (χ3n) is 5.62. The molecule has 1 N–H and O–H groups in total. The zero-order valence-corrected chi connectivity index (χ0v) is 16.7. The first kappa shape index (κ1) is 19.5. The summed E-state index contributed by atoms with van der Waals surface area (Å²) in [5.74, 6) is 0.425. The summed E-state index contributed by atoms with van der Waals surface area (Å²) in [5.41, 5.74) is 5.07. The number of hydrogen-bond acceptors (Lipinski definition) is 1. The highest BCUT2D eigenvalue weighted by atomic mass is 16.3. The smallest absolute Gasteiger partial charge is 0.136 e. The second-order valence-electron chi connectivity index (χ2n) is 7.86. The largest absolute Gasteiger partial charge is 0.508 e. The Morgan fingerprint density at radius 3 is 2.16 bits per heavy atom. The summed E-state index contributed by atoms with van der Waals surface area (Å²) in [6.07, 6.45) is 1.97. The molecule has 2 nitrogen and oxygen atoms in total. The maximum atomic E-state index is 10.1. The third kappa shape index (κ3) is 4.07. The molecule has 0 aliphatic carbocycles. The summed E-state index contributed by atoms with van der Waals surface area (Å²) in [5, 5.41) is 10.1. The van der Waals surface area contributed by atoms with Gasteiger partial charge in [0.05, 0.1) is 18.6 Å². The van der Waals surface area contributed by atoms with Crippen LogP contribution < -0.4 is 4.48 Å². The van der Waals surface area contributed by atoms with Gasteiger partial charge in [-0.15, -0.1) is 0 Å². The Kier molecular flexibility index (Phi) is 6.29. The Morgan fingerprint density at radius 2 is 1.56 bits per heavy atom. The number of rotatable bonds is 7. The van der Waals surface area contributed by atoms with E-state index in [1.807, 2.05) is 12.1 Å². The molecule has 0 unspecified atom stereocenters. The molecule has 0 heterocycles. The van der Waals surface area contributed by atoms with Crippen molar-refractivity contribution in [3.05, 3.63) is 59.2 Å². The zero-order valence-electron chi connectivity index (χ0n) is 16.7. The molecule has 0 saturated carbocycles. The maximum Gasteiger partial charge on any atom is 0.136 e. The first-order valence-corrected chi connectivity index (χ1v) is 9.51. The van der Waals surface area contributed by atoms with E-state index in [4.69, 9.17) is 0 Å². The number of phenols is 1. The molecule has 0 bridgehead atoms. The second kappa shape index (κ2) is 8.05. The molecule has 2 rings (SSSR count). The minimum atomic E-state index is 0.425. The number of nitrogens with zero attached hydrogens (tertiary/aromatic N) is 1. The van der Waals surface area contributed by atoms with Gasteiger partial charge in [-0.1, -0.05) is 35.9 Å². The SMILES string of the molecule is Cc1ccc(O)c(CCC[N+](c2ccccc2C)(C(C)C)C(C)C)c1. The Bertz CT molecular complexity index is 695. The number of para-hydroxylation sites is 1. The lowest BCUT2D eigenvalue weighted by Gasteiger charge is -2.46. The van der Waals surface area contributed by atoms with Gasteiger partial charge in [0, 0.05) is 12.0 Å². The van der Waals surface area contributed by atoms with Crippen molar-refractivity contribution in [3.8, 4) is 5.75 Å². The van der Waals surface area contributed by atoms with E-state index < -0.39 is 0 Å². The second-order valence-corrected chi connectivity index (χ2v) is 7.86. The minimum absolute atomic E-state index is 0.425. The van der Waals surface area contributed by atoms with Gasteiger partial charge in [0.15, 0.2) is 0 Å². The van der Waals surface area contributed by atoms with Crippen LogP contribution in [-0.4, -0.2) is 23.7 Å². The summed E-state index contributed by atoms with van der Waals surface area (Å²) in [6.45, 7) is 14.7. The van der Waals surface area contributed by atoms with Crippen LogP contribution in [0.15, 0.2) is 42.5 Å². The lowest BCUT2D eigenvalue weighted by Crippen LogP contribution is -2.60. The van der Waals surface area contributed by atoms with Gasteiger partial charge in [-0.2, -0.15) is 0 Å². The quantitative estimate of drug-likeness (QED) is 0.635. The van der Waals surface area contributed by atoms with E-state index in [0.29, 0.717) is 17.8 Å². The fourth-order valence-electron chi connectivity index (χ4n) is 4.27. The molecule has 0 atom stereocenters. The number of phenolic OH excluding ortho intramolecular Hbond substituents is 1. The van der Waals surface area contributed by atoms with Crippen LogP contribution in [0.4, 0.5) is 5.69 Å². The van der Waals surface area contributed by atoms with Gasteiger partial charge in [-0.3, -0.25) is 4.48 Å². The van der Waals surface area contributed by atoms with Crippen molar-refractivity contribution in [2.45, 2.75) is 66.5 Å². The Labute approximate surface area is 153 Å². The molecule has 2 aromatic rings. The van der Waals surface area contributed by atoms with E-state index >= 15 is 0 Å². The van der Waals surface area contributed by atoms with Gasteiger partial charge in [0.1, 0.15) is 11.4 Å². The molecule has 2 heteroatoms. The first-order chi connectivity index (χ1) is 11.8. The van der Waals surface area contributed by atoms with Crippen molar-refractivity contribution in [3.63, 3.8) is 0 Å². The number of hydrogen-bond donors (Lipinski definition) is 1. The Morgan fingerprint density at radius 1 is 0.920 bits per heavy atom. The van der Waals surface area contributed by atoms with Crippen LogP contribution in [0, 0.1) is 13.8 Å². The lowest BCUT2D eigenvalue weighted by molar-refractivity contribution is 0.174. The Hall–Kier alpha value is -1.80. The average molecular weight is 341 g/mol. The Balaban J connectivity index is 2.28. The van der Waals surface area contributed by atoms with E-state index in [0.717, 1.165) is 29.4 Å². The van der Waals surface area contributed by atoms with Crippen LogP contribution in [0.25, 0.3) is 0 Å². The van der Waals surface area contributed by atoms with Crippen LogP contribution in [0.5, 0.6) is 5.75 Å². The topological polar surface area (TPSA) is 20.2 Å². The monoisotopic (exact) mass is 340 g/mol. The molecule has 0 amide bonds. The fourth-order valence-corrected chi connectivity index (χ4v) is 4.27. The summed E-state index contributed by atoms with van der Waals surface area (Å²) in [7, 11) is 0. The maximum absolute atomic E-state index is 10.1. The summed E-state index contributed by atoms with van der Waals surface area (Å²) < 4.78 is 0.985. The molecular formula is C23H34NO+. The van der Waals surface area contributed by atoms with Crippen molar-refractivity contribution < 1.29 is 5.11 Å². The fraction of sp³-hybridized carbons (Fsp3) is 0.478. The zero-order chi connectivity index (χ0) is 18.6. The number of aryl methyl sites for hydroxylation is 3. The van der Waals surface area contributed by atoms with Gasteiger partial charge in [0.25, 0.3) is 0 Å². The summed E-state index contributed by atoms with van der Waals surface area (Å²) in [4.78, 5) is 0. The molecule has 2 aromatic carbocycles. The van der Waals surface area contributed by atoms with Crippen LogP contribution in [0.2, 0.25) is 0 Å². The van der Waals surface area contributed by atoms with Crippen molar-refractivity contribution in [2.75, 3.05) is 6.54 Å². The van der Waals surface area contributed by atoms with Crippen LogP contribution in [0.1, 0.15) is 50.8 Å². The highest BCUT2D eigenvalue weighted by Gasteiger charge is 2.37.